The van der Waals surface area contributed by atoms with Crippen LogP contribution in [0.5, 0.6) is 5.75 Å². The minimum atomic E-state index is -2.72. The van der Waals surface area contributed by atoms with Crippen molar-refractivity contribution in [2.45, 2.75) is 52.2 Å². The van der Waals surface area contributed by atoms with E-state index in [2.05, 4.69) is 5.32 Å². The van der Waals surface area contributed by atoms with Gasteiger partial charge >= 0.3 is 0 Å². The number of nitrogens with zero attached hydrogens (tertiary/aromatic N) is 1. The van der Waals surface area contributed by atoms with Crippen molar-refractivity contribution in [2.24, 2.45) is 41.2 Å². The fourth-order valence-electron chi connectivity index (χ4n) is 7.05. The van der Waals surface area contributed by atoms with Crippen LogP contribution in [-0.4, -0.2) is 76.3 Å². The number of amides is 2. The number of fused-ring (bicyclic) bond motifs is 3. The van der Waals surface area contributed by atoms with Crippen molar-refractivity contribution in [3.63, 3.8) is 0 Å². The van der Waals surface area contributed by atoms with Crippen molar-refractivity contribution < 1.29 is 39.0 Å². The lowest BCUT2D eigenvalue weighted by atomic mass is 9.49. The van der Waals surface area contributed by atoms with Crippen LogP contribution in [0.4, 0.5) is 0 Å². The van der Waals surface area contributed by atoms with Crippen molar-refractivity contribution in [1.82, 2.24) is 10.2 Å². The second-order valence-electron chi connectivity index (χ2n) is 11.9. The summed E-state index contributed by atoms with van der Waals surface area (Å²) in [6.45, 7) is 5.39. The number of Topliss-reactive ketones (excluding diaryl/α,β-unsaturated/α-hetero) is 4. The van der Waals surface area contributed by atoms with Crippen LogP contribution in [-0.2, 0) is 43.4 Å². The Bertz CT molecular complexity index is 1320. The Kier molecular flexibility index (Phi) is 7.76. The molecule has 1 aromatic rings. The molecule has 2 unspecified atom stereocenters. The second-order valence-corrected chi connectivity index (χ2v) is 11.9. The highest BCUT2D eigenvalue weighted by molar-refractivity contribution is 6.31. The number of phenolic OH excluding ortho intramolecular Hbond substituents is 1. The molecule has 2 saturated carbocycles. The van der Waals surface area contributed by atoms with E-state index < -0.39 is 70.1 Å². The molecule has 2 fully saturated rings. The van der Waals surface area contributed by atoms with Crippen molar-refractivity contribution in [3.8, 4) is 5.75 Å². The first-order chi connectivity index (χ1) is 18.7. The van der Waals surface area contributed by atoms with Crippen molar-refractivity contribution in [1.29, 1.82) is 0 Å². The molecule has 2 amide bonds. The fourth-order valence-corrected chi connectivity index (χ4v) is 7.05. The Morgan fingerprint density at radius 2 is 1.80 bits per heavy atom. The molecule has 0 aliphatic heterocycles. The Hall–Kier alpha value is -3.44. The minimum Gasteiger partial charge on any atom is -0.507 e. The Balaban J connectivity index is 1.79. The van der Waals surface area contributed by atoms with Gasteiger partial charge in [0.25, 0.3) is 0 Å². The number of primary amides is 1. The number of carbonyl (C=O) groups excluding carboxylic acids is 6. The highest BCUT2D eigenvalue weighted by Crippen LogP contribution is 2.53. The molecule has 40 heavy (non-hydrogen) atoms. The van der Waals surface area contributed by atoms with Gasteiger partial charge in [-0.05, 0) is 56.3 Å². The van der Waals surface area contributed by atoms with E-state index in [0.717, 1.165) is 5.56 Å². The first-order valence-electron chi connectivity index (χ1n) is 13.6. The maximum Gasteiger partial charge on any atom is 0.235 e. The molecule has 11 nitrogen and oxygen atoms in total. The van der Waals surface area contributed by atoms with Gasteiger partial charge in [-0.25, -0.2) is 0 Å². The molecule has 5 N–H and O–H groups in total. The van der Waals surface area contributed by atoms with Gasteiger partial charge in [-0.3, -0.25) is 28.8 Å². The number of carbonyl (C=O) groups is 6. The summed E-state index contributed by atoms with van der Waals surface area (Å²) in [6.07, 6.45) is 0.774. The number of ketones is 4. The summed E-state index contributed by atoms with van der Waals surface area (Å²) in [4.78, 5) is 80.5. The lowest BCUT2D eigenvalue weighted by molar-refractivity contribution is -0.182. The molecular weight excluding hydrogens is 518 g/mol. The van der Waals surface area contributed by atoms with Crippen LogP contribution in [0.1, 0.15) is 54.2 Å². The molecular formula is C29H37N3O8. The van der Waals surface area contributed by atoms with E-state index in [0.29, 0.717) is 17.5 Å². The number of likely N-dealkylation sites (N-methyl/N-ethyl adjacent to an activating group) is 1. The summed E-state index contributed by atoms with van der Waals surface area (Å²) in [5, 5.41) is 25.6. The van der Waals surface area contributed by atoms with Gasteiger partial charge in [0.1, 0.15) is 5.75 Å². The van der Waals surface area contributed by atoms with Gasteiger partial charge in [-0.2, -0.15) is 0 Å². The largest absolute Gasteiger partial charge is 0.507 e. The third-order valence-electron chi connectivity index (χ3n) is 8.80. The van der Waals surface area contributed by atoms with E-state index in [1.807, 2.05) is 6.92 Å². The van der Waals surface area contributed by atoms with Crippen molar-refractivity contribution in [2.75, 3.05) is 20.6 Å². The third-order valence-corrected chi connectivity index (χ3v) is 8.80. The maximum absolute atomic E-state index is 14.0. The lowest BCUT2D eigenvalue weighted by Gasteiger charge is -2.52. The van der Waals surface area contributed by atoms with Gasteiger partial charge in [0.15, 0.2) is 34.7 Å². The highest BCUT2D eigenvalue weighted by atomic mass is 16.3. The first kappa shape index (κ1) is 29.5. The standard InChI is InChI=1S/C29H37N3O8/c1-6-13-7-15(10-31-18(33)11-32(4)5)23(34)21-16(13)8-14-9-17-19(12(2)3)24(35)22(28(30)39)27(38)29(17,40)26(37)20(14)25(21)36/h7,12,14,17,19-20,22,34,40H,6,8-11H2,1-5H3,(H2,30,39)(H,31,33)/t14-,17-,19-,20?,22?,29-/m0/s1. The van der Waals surface area contributed by atoms with Crippen LogP contribution < -0.4 is 11.1 Å². The normalized spacial score (nSPS) is 29.8. The maximum atomic E-state index is 14.0. The summed E-state index contributed by atoms with van der Waals surface area (Å²) in [5.41, 5.74) is 4.25. The van der Waals surface area contributed by atoms with Crippen LogP contribution in [0.15, 0.2) is 6.07 Å². The van der Waals surface area contributed by atoms with Gasteiger partial charge in [-0.1, -0.05) is 26.8 Å². The predicted molar refractivity (Wildman–Crippen MR) is 142 cm³/mol. The predicted octanol–water partition coefficient (Wildman–Crippen LogP) is -0.0508. The fraction of sp³-hybridized carbons (Fsp3) is 0.586. The Morgan fingerprint density at radius 3 is 2.35 bits per heavy atom. The summed E-state index contributed by atoms with van der Waals surface area (Å²) in [5.74, 6) is -12.2. The van der Waals surface area contributed by atoms with Gasteiger partial charge in [-0.15, -0.1) is 0 Å². The molecule has 0 spiro atoms. The molecule has 1 aromatic carbocycles. The molecule has 0 bridgehead atoms. The number of nitrogens with one attached hydrogen (secondary N) is 1. The number of benzene rings is 1. The SMILES string of the molecule is CCc1cc(CNC(=O)CN(C)C)c(O)c2c1C[C@H]1C[C@H]3[C@H](C(C)C)C(=O)C(C(N)=O)C(=O)[C@@]3(O)C(=O)C1C2=O. The van der Waals surface area contributed by atoms with Crippen LogP contribution in [0.25, 0.3) is 0 Å². The van der Waals surface area contributed by atoms with E-state index in [4.69, 9.17) is 5.73 Å². The summed E-state index contributed by atoms with van der Waals surface area (Å²) >= 11 is 0. The van der Waals surface area contributed by atoms with E-state index in [1.165, 1.54) is 0 Å². The van der Waals surface area contributed by atoms with Gasteiger partial charge in [0.05, 0.1) is 18.0 Å². The molecule has 11 heteroatoms. The van der Waals surface area contributed by atoms with E-state index in [-0.39, 0.29) is 43.2 Å². The highest BCUT2D eigenvalue weighted by Gasteiger charge is 2.69. The molecule has 3 aliphatic rings. The van der Waals surface area contributed by atoms with E-state index in [9.17, 15) is 39.0 Å². The van der Waals surface area contributed by atoms with E-state index in [1.54, 1.807) is 38.9 Å². The number of hydrogen-bond donors (Lipinski definition) is 4. The zero-order valence-corrected chi connectivity index (χ0v) is 23.4. The number of aromatic hydroxyl groups is 1. The Morgan fingerprint density at radius 1 is 1.15 bits per heavy atom. The minimum absolute atomic E-state index is 0.0379. The number of aliphatic hydroxyl groups is 1. The second kappa shape index (κ2) is 10.5. The average molecular weight is 556 g/mol. The summed E-state index contributed by atoms with van der Waals surface area (Å²) in [6, 6.07) is 1.74. The molecule has 0 aromatic heterocycles. The molecule has 4 rings (SSSR count). The molecule has 3 aliphatic carbocycles. The number of nitrogens with two attached hydrogens (primary N) is 1. The molecule has 0 saturated heterocycles. The summed E-state index contributed by atoms with van der Waals surface area (Å²) < 4.78 is 0. The van der Waals surface area contributed by atoms with Crippen LogP contribution in [0, 0.1) is 35.5 Å². The molecule has 216 valence electrons. The average Bonchev–Trinajstić information content (AvgIpc) is 2.85. The monoisotopic (exact) mass is 555 g/mol. The molecule has 0 radical (unpaired) electrons. The molecule has 0 heterocycles. The van der Waals surface area contributed by atoms with Gasteiger partial charge < -0.3 is 26.2 Å². The van der Waals surface area contributed by atoms with Crippen LogP contribution in [0.2, 0.25) is 0 Å². The summed E-state index contributed by atoms with van der Waals surface area (Å²) in [7, 11) is 3.48. The number of hydrogen-bond acceptors (Lipinski definition) is 9. The number of phenols is 1. The number of rotatable bonds is 7. The first-order valence-corrected chi connectivity index (χ1v) is 13.6. The molecule has 6 atom stereocenters. The van der Waals surface area contributed by atoms with Crippen LogP contribution in [0.3, 0.4) is 0 Å². The van der Waals surface area contributed by atoms with Crippen LogP contribution >= 0.6 is 0 Å². The number of aryl methyl sites for hydroxylation is 1. The topological polar surface area (TPSA) is 184 Å². The third kappa shape index (κ3) is 4.45. The lowest BCUT2D eigenvalue weighted by Crippen LogP contribution is -2.71. The zero-order valence-electron chi connectivity index (χ0n) is 23.4. The quantitative estimate of drug-likeness (QED) is 0.335. The van der Waals surface area contributed by atoms with Crippen molar-refractivity contribution >= 4 is 34.9 Å². The van der Waals surface area contributed by atoms with Gasteiger partial charge in [0.2, 0.25) is 11.8 Å². The van der Waals surface area contributed by atoms with Gasteiger partial charge in [0, 0.05) is 23.9 Å². The van der Waals surface area contributed by atoms with Crippen molar-refractivity contribution in [3.05, 3.63) is 28.3 Å². The smallest absolute Gasteiger partial charge is 0.235 e. The Labute approximate surface area is 232 Å². The van der Waals surface area contributed by atoms with E-state index >= 15 is 0 Å². The zero-order chi connectivity index (χ0) is 29.8.